The van der Waals surface area contributed by atoms with Gasteiger partial charge in [0.05, 0.1) is 11.5 Å². The number of likely N-dealkylation sites (N-methyl/N-ethyl adjacent to an activating group) is 1. The zero-order valence-corrected chi connectivity index (χ0v) is 17.0. The molecule has 1 amide bonds. The van der Waals surface area contributed by atoms with Gasteiger partial charge in [-0.1, -0.05) is 35.0 Å². The molecule has 8 heteroatoms. The summed E-state index contributed by atoms with van der Waals surface area (Å²) in [6, 6.07) is 7.31. The first-order valence-electron chi connectivity index (χ1n) is 8.87. The highest BCUT2D eigenvalue weighted by atomic mass is 35.5. The fraction of sp³-hybridized carbons (Fsp3) is 0.474. The lowest BCUT2D eigenvalue weighted by Crippen LogP contribution is -2.54. The highest BCUT2D eigenvalue weighted by molar-refractivity contribution is 7.99. The molecule has 144 valence electrons. The molecule has 1 unspecified atom stereocenters. The number of nitrogens with zero attached hydrogens (tertiary/aromatic N) is 3. The number of halogens is 1. The quantitative estimate of drug-likeness (QED) is 0.725. The van der Waals surface area contributed by atoms with Crippen molar-refractivity contribution in [2.45, 2.75) is 43.9 Å². The minimum atomic E-state index is -0.989. The molecule has 1 heterocycles. The van der Waals surface area contributed by atoms with E-state index in [0.29, 0.717) is 40.9 Å². The monoisotopic (exact) mass is 407 g/mol. The molecule has 1 aliphatic rings. The van der Waals surface area contributed by atoms with Crippen LogP contribution in [0.2, 0.25) is 5.02 Å². The molecular weight excluding hydrogens is 386 g/mol. The Labute approximate surface area is 167 Å². The second-order valence-corrected chi connectivity index (χ2v) is 8.04. The highest BCUT2D eigenvalue weighted by Crippen LogP contribution is 2.42. The van der Waals surface area contributed by atoms with Crippen molar-refractivity contribution in [3.05, 3.63) is 46.6 Å². The molecule has 0 aliphatic heterocycles. The lowest BCUT2D eigenvalue weighted by atomic mass is 9.74. The smallest absolute Gasteiger partial charge is 0.233 e. The maximum absolute atomic E-state index is 13.0. The van der Waals surface area contributed by atoms with E-state index >= 15 is 0 Å². The summed E-state index contributed by atoms with van der Waals surface area (Å²) in [5.41, 5.74) is -0.275. The van der Waals surface area contributed by atoms with E-state index in [1.54, 1.807) is 24.9 Å². The Balaban J connectivity index is 1.78. The van der Waals surface area contributed by atoms with Crippen molar-refractivity contribution in [1.29, 1.82) is 0 Å². The van der Waals surface area contributed by atoms with Gasteiger partial charge in [-0.25, -0.2) is 0 Å². The zero-order chi connectivity index (χ0) is 19.4. The van der Waals surface area contributed by atoms with E-state index in [1.807, 2.05) is 18.2 Å². The first-order valence-corrected chi connectivity index (χ1v) is 10.4. The molecule has 0 radical (unpaired) electrons. The molecule has 0 bridgehead atoms. The van der Waals surface area contributed by atoms with E-state index in [-0.39, 0.29) is 17.4 Å². The first-order chi connectivity index (χ1) is 12.9. The van der Waals surface area contributed by atoms with Crippen molar-refractivity contribution in [1.82, 2.24) is 15.0 Å². The summed E-state index contributed by atoms with van der Waals surface area (Å²) >= 11 is 7.82. The largest absolute Gasteiger partial charge is 0.340 e. The fourth-order valence-electron chi connectivity index (χ4n) is 3.57. The molecule has 1 aliphatic carbocycles. The van der Waals surface area contributed by atoms with Gasteiger partial charge in [0.15, 0.2) is 11.6 Å². The van der Waals surface area contributed by atoms with Crippen LogP contribution in [0.4, 0.5) is 0 Å². The van der Waals surface area contributed by atoms with E-state index in [4.69, 9.17) is 16.1 Å². The number of thioether (sulfide) groups is 1. The normalized spacial score (nSPS) is 19.9. The van der Waals surface area contributed by atoms with Gasteiger partial charge in [0, 0.05) is 31.0 Å². The number of rotatable bonds is 6. The van der Waals surface area contributed by atoms with Crippen molar-refractivity contribution in [3.63, 3.8) is 0 Å². The van der Waals surface area contributed by atoms with Crippen LogP contribution in [0.15, 0.2) is 28.8 Å². The average Bonchev–Trinajstić information content (AvgIpc) is 3.07. The summed E-state index contributed by atoms with van der Waals surface area (Å²) < 4.78 is 4.94. The van der Waals surface area contributed by atoms with Crippen LogP contribution in [0.5, 0.6) is 0 Å². The number of ketones is 1. The van der Waals surface area contributed by atoms with E-state index in [2.05, 4.69) is 10.1 Å². The van der Waals surface area contributed by atoms with E-state index in [1.165, 1.54) is 11.8 Å². The second-order valence-electron chi connectivity index (χ2n) is 6.65. The van der Waals surface area contributed by atoms with Crippen molar-refractivity contribution < 1.29 is 14.1 Å². The minimum absolute atomic E-state index is 0.0523. The Morgan fingerprint density at radius 2 is 2.15 bits per heavy atom. The molecule has 27 heavy (non-hydrogen) atoms. The van der Waals surface area contributed by atoms with Crippen LogP contribution in [-0.4, -0.2) is 39.5 Å². The van der Waals surface area contributed by atoms with Crippen molar-refractivity contribution in [2.75, 3.05) is 12.8 Å². The van der Waals surface area contributed by atoms with Crippen molar-refractivity contribution in [2.24, 2.45) is 0 Å². The van der Waals surface area contributed by atoms with Gasteiger partial charge in [-0.3, -0.25) is 9.59 Å². The van der Waals surface area contributed by atoms with Crippen LogP contribution < -0.4 is 0 Å². The van der Waals surface area contributed by atoms with Gasteiger partial charge in [-0.2, -0.15) is 4.98 Å². The number of Topliss-reactive ketones (excluding diaryl/α,β-unsaturated/α-hetero) is 1. The molecular formula is C19H22ClN3O3S. The van der Waals surface area contributed by atoms with E-state index in [0.717, 1.165) is 12.8 Å². The maximum Gasteiger partial charge on any atom is 0.233 e. The first kappa shape index (κ1) is 19.9. The number of aryl methyl sites for hydroxylation is 1. The van der Waals surface area contributed by atoms with E-state index < -0.39 is 5.54 Å². The Morgan fingerprint density at radius 3 is 2.81 bits per heavy atom. The summed E-state index contributed by atoms with van der Waals surface area (Å²) in [5.74, 6) is 1.70. The van der Waals surface area contributed by atoms with Crippen molar-refractivity contribution >= 4 is 35.1 Å². The van der Waals surface area contributed by atoms with Gasteiger partial charge in [0.1, 0.15) is 5.54 Å². The molecule has 3 rings (SSSR count). The number of hydrogen-bond donors (Lipinski definition) is 0. The Hall–Kier alpha value is -1.86. The second kappa shape index (κ2) is 8.44. The number of aromatic nitrogens is 2. The number of carbonyl (C=O) groups is 2. The SMILES string of the molecule is Cc1nc(CSCC(=O)N(C)C2(c3ccccc3Cl)CCCCC2=O)no1. The van der Waals surface area contributed by atoms with Crippen molar-refractivity contribution in [3.8, 4) is 0 Å². The standard InChI is InChI=1S/C19H22ClN3O3S/c1-13-21-17(22-26-13)11-27-12-18(25)23(2)19(10-6-5-9-16(19)24)14-7-3-4-8-15(14)20/h3-4,7-8H,5-6,9-12H2,1-2H3. The molecule has 0 N–H and O–H groups in total. The molecule has 0 saturated heterocycles. The minimum Gasteiger partial charge on any atom is -0.340 e. The van der Waals surface area contributed by atoms with Gasteiger partial charge >= 0.3 is 0 Å². The lowest BCUT2D eigenvalue weighted by Gasteiger charge is -2.44. The number of amides is 1. The molecule has 1 fully saturated rings. The lowest BCUT2D eigenvalue weighted by molar-refractivity contribution is -0.146. The number of carbonyl (C=O) groups excluding carboxylic acids is 2. The van der Waals surface area contributed by atoms with Gasteiger partial charge in [-0.05, 0) is 25.3 Å². The van der Waals surface area contributed by atoms with Crippen LogP contribution in [0.25, 0.3) is 0 Å². The summed E-state index contributed by atoms with van der Waals surface area (Å²) in [6.07, 6.45) is 2.77. The Bertz CT molecular complexity index is 841. The molecule has 1 saturated carbocycles. The maximum atomic E-state index is 13.0. The predicted molar refractivity (Wildman–Crippen MR) is 105 cm³/mol. The summed E-state index contributed by atoms with van der Waals surface area (Å²) in [6.45, 7) is 1.72. The summed E-state index contributed by atoms with van der Waals surface area (Å²) in [5, 5.41) is 4.34. The van der Waals surface area contributed by atoms with Crippen LogP contribution in [-0.2, 0) is 20.9 Å². The fourth-order valence-corrected chi connectivity index (χ4v) is 4.63. The molecule has 1 aromatic carbocycles. The number of hydrogen-bond acceptors (Lipinski definition) is 6. The van der Waals surface area contributed by atoms with Gasteiger partial charge in [0.25, 0.3) is 0 Å². The Morgan fingerprint density at radius 1 is 1.37 bits per heavy atom. The predicted octanol–water partition coefficient (Wildman–Crippen LogP) is 3.76. The van der Waals surface area contributed by atoms with Crippen LogP contribution >= 0.6 is 23.4 Å². The highest BCUT2D eigenvalue weighted by Gasteiger charge is 2.47. The third kappa shape index (κ3) is 4.04. The third-order valence-corrected chi connectivity index (χ3v) is 6.19. The summed E-state index contributed by atoms with van der Waals surface area (Å²) in [4.78, 5) is 31.7. The molecule has 2 aromatic rings. The van der Waals surface area contributed by atoms with Crippen LogP contribution in [0.3, 0.4) is 0 Å². The number of benzene rings is 1. The zero-order valence-electron chi connectivity index (χ0n) is 15.4. The van der Waals surface area contributed by atoms with Crippen LogP contribution in [0, 0.1) is 6.92 Å². The summed E-state index contributed by atoms with van der Waals surface area (Å²) in [7, 11) is 1.70. The van der Waals surface area contributed by atoms with Gasteiger partial charge in [-0.15, -0.1) is 11.8 Å². The molecule has 1 atom stereocenters. The Kier molecular flexibility index (Phi) is 6.22. The molecule has 1 aromatic heterocycles. The molecule has 6 nitrogen and oxygen atoms in total. The third-order valence-electron chi connectivity index (χ3n) is 4.95. The van der Waals surface area contributed by atoms with Gasteiger partial charge in [0.2, 0.25) is 11.8 Å². The van der Waals surface area contributed by atoms with Crippen LogP contribution in [0.1, 0.15) is 43.0 Å². The molecule has 0 spiro atoms. The van der Waals surface area contributed by atoms with Gasteiger partial charge < -0.3 is 9.42 Å². The topological polar surface area (TPSA) is 76.3 Å². The van der Waals surface area contributed by atoms with E-state index in [9.17, 15) is 9.59 Å². The average molecular weight is 408 g/mol.